The standard InChI is InChI=1S/C16H14.C12H11Si.Ti/c1-3-9-15(10-4-1)13-7-8-14-16-11-5-2-6-12-16;13-12-7-3-6-11(9-12)8-10-4-1-2-5-10;/h1-14H;1-7,9-10H,8H2;/q;;+2. The third kappa shape index (κ3) is 8.92. The van der Waals surface area contributed by atoms with E-state index in [9.17, 15) is 0 Å². The summed E-state index contributed by atoms with van der Waals surface area (Å²) in [6.45, 7) is 0. The number of allylic oxidation sites excluding steroid dienone is 6. The van der Waals surface area contributed by atoms with Crippen LogP contribution in [-0.4, -0.2) is 10.2 Å². The zero-order chi connectivity index (χ0) is 20.2. The van der Waals surface area contributed by atoms with E-state index in [2.05, 4.69) is 107 Å². The SMILES string of the molecule is C(C=Cc1ccccc1)=Cc1ccccc1.[Si]c1cccc(CC2C=CC=C2)c1.[Ti+2]. The van der Waals surface area contributed by atoms with Gasteiger partial charge >= 0.3 is 21.7 Å². The Morgan fingerprint density at radius 1 is 0.667 bits per heavy atom. The maximum absolute atomic E-state index is 3.52. The Morgan fingerprint density at radius 3 is 1.70 bits per heavy atom. The number of hydrogen-bond donors (Lipinski definition) is 0. The first-order chi connectivity index (χ1) is 14.3. The first-order valence-corrected chi connectivity index (χ1v) is 10.4. The molecule has 143 valence electrons. The molecule has 0 spiro atoms. The number of hydrogen-bond acceptors (Lipinski definition) is 0. The van der Waals surface area contributed by atoms with Crippen molar-refractivity contribution >= 4 is 27.6 Å². The summed E-state index contributed by atoms with van der Waals surface area (Å²) >= 11 is 0. The molecule has 0 bridgehead atoms. The van der Waals surface area contributed by atoms with Crippen molar-refractivity contribution in [3.8, 4) is 0 Å². The quantitative estimate of drug-likeness (QED) is 0.331. The van der Waals surface area contributed by atoms with Crippen molar-refractivity contribution in [1.82, 2.24) is 0 Å². The van der Waals surface area contributed by atoms with Gasteiger partial charge in [-0.3, -0.25) is 0 Å². The van der Waals surface area contributed by atoms with Gasteiger partial charge in [-0.2, -0.15) is 0 Å². The van der Waals surface area contributed by atoms with Crippen molar-refractivity contribution in [2.24, 2.45) is 5.92 Å². The summed E-state index contributed by atoms with van der Waals surface area (Å²) in [5, 5.41) is 1.16. The summed E-state index contributed by atoms with van der Waals surface area (Å²) in [5.74, 6) is 0.591. The molecule has 3 radical (unpaired) electrons. The van der Waals surface area contributed by atoms with Crippen LogP contribution in [0.2, 0.25) is 0 Å². The summed E-state index contributed by atoms with van der Waals surface area (Å²) in [6, 6.07) is 29.1. The summed E-state index contributed by atoms with van der Waals surface area (Å²) in [5.41, 5.74) is 3.83. The number of rotatable bonds is 5. The van der Waals surface area contributed by atoms with Crippen LogP contribution in [0.5, 0.6) is 0 Å². The van der Waals surface area contributed by atoms with Gasteiger partial charge in [0.2, 0.25) is 0 Å². The Morgan fingerprint density at radius 2 is 1.20 bits per heavy atom. The van der Waals surface area contributed by atoms with Crippen molar-refractivity contribution in [1.29, 1.82) is 0 Å². The third-order valence-electron chi connectivity index (χ3n) is 4.51. The molecule has 0 atom stereocenters. The maximum atomic E-state index is 3.52. The van der Waals surface area contributed by atoms with E-state index in [-0.39, 0.29) is 21.7 Å². The van der Waals surface area contributed by atoms with Crippen LogP contribution in [0.4, 0.5) is 0 Å². The predicted octanol–water partition coefficient (Wildman–Crippen LogP) is 6.18. The molecule has 1 aliphatic rings. The molecule has 3 aromatic rings. The van der Waals surface area contributed by atoms with Gasteiger partial charge in [0.05, 0.1) is 10.2 Å². The van der Waals surface area contributed by atoms with Gasteiger partial charge in [-0.25, -0.2) is 0 Å². The second-order valence-corrected chi connectivity index (χ2v) is 7.46. The summed E-state index contributed by atoms with van der Waals surface area (Å²) in [6.07, 6.45) is 18.1. The fourth-order valence-electron chi connectivity index (χ4n) is 3.05. The van der Waals surface area contributed by atoms with Gasteiger partial charge in [0.25, 0.3) is 0 Å². The smallest absolute Gasteiger partial charge is 0.0773 e. The second-order valence-electron chi connectivity index (χ2n) is 6.88. The van der Waals surface area contributed by atoms with E-state index in [1.54, 1.807) is 0 Å². The van der Waals surface area contributed by atoms with Gasteiger partial charge in [-0.1, -0.05) is 139 Å². The van der Waals surface area contributed by atoms with E-state index in [1.165, 1.54) is 16.7 Å². The van der Waals surface area contributed by atoms with Gasteiger partial charge in [0, 0.05) is 0 Å². The van der Waals surface area contributed by atoms with Crippen LogP contribution >= 0.6 is 0 Å². The van der Waals surface area contributed by atoms with E-state index in [0.29, 0.717) is 5.92 Å². The fourth-order valence-corrected chi connectivity index (χ4v) is 3.33. The Balaban J connectivity index is 0.000000211. The first kappa shape index (κ1) is 23.8. The van der Waals surface area contributed by atoms with Crippen LogP contribution in [0.1, 0.15) is 16.7 Å². The minimum absolute atomic E-state index is 0. The Labute approximate surface area is 199 Å². The van der Waals surface area contributed by atoms with Gasteiger partial charge in [0.15, 0.2) is 0 Å². The molecular weight excluding hydrogens is 412 g/mol. The van der Waals surface area contributed by atoms with E-state index in [0.717, 1.165) is 11.6 Å². The summed E-state index contributed by atoms with van der Waals surface area (Å²) in [7, 11) is 3.52. The molecule has 1 aliphatic carbocycles. The molecule has 3 aromatic carbocycles. The van der Waals surface area contributed by atoms with Crippen molar-refractivity contribution < 1.29 is 21.7 Å². The molecule has 0 saturated heterocycles. The van der Waals surface area contributed by atoms with Gasteiger partial charge in [-0.05, 0) is 29.0 Å². The van der Waals surface area contributed by atoms with Gasteiger partial charge < -0.3 is 0 Å². The molecule has 0 saturated carbocycles. The molecule has 0 N–H and O–H groups in total. The topological polar surface area (TPSA) is 0 Å². The Bertz CT molecular complexity index is 926. The van der Waals surface area contributed by atoms with E-state index >= 15 is 0 Å². The molecule has 0 nitrogen and oxygen atoms in total. The number of benzene rings is 3. The molecular formula is C28H25SiTi+2. The van der Waals surface area contributed by atoms with E-state index in [1.807, 2.05) is 36.4 Å². The van der Waals surface area contributed by atoms with Crippen molar-refractivity contribution in [3.05, 3.63) is 138 Å². The fraction of sp³-hybridized carbons (Fsp3) is 0.0714. The normalized spacial score (nSPS) is 12.7. The molecule has 2 heteroatoms. The van der Waals surface area contributed by atoms with Crippen LogP contribution in [0.25, 0.3) is 12.2 Å². The molecule has 0 amide bonds. The first-order valence-electron chi connectivity index (χ1n) is 9.90. The Kier molecular flexibility index (Phi) is 10.9. The summed E-state index contributed by atoms with van der Waals surface area (Å²) < 4.78 is 0. The van der Waals surface area contributed by atoms with Crippen LogP contribution < -0.4 is 5.19 Å². The van der Waals surface area contributed by atoms with Crippen molar-refractivity contribution in [2.75, 3.05) is 0 Å². The van der Waals surface area contributed by atoms with Crippen LogP contribution in [0.3, 0.4) is 0 Å². The minimum atomic E-state index is 0. The van der Waals surface area contributed by atoms with Crippen LogP contribution in [-0.2, 0) is 28.1 Å². The predicted molar refractivity (Wildman–Crippen MR) is 128 cm³/mol. The molecule has 0 heterocycles. The molecule has 0 aromatic heterocycles. The largest absolute Gasteiger partial charge is 2.00 e. The summed E-state index contributed by atoms with van der Waals surface area (Å²) in [4.78, 5) is 0. The minimum Gasteiger partial charge on any atom is -0.0773 e. The monoisotopic (exact) mass is 437 g/mol. The Hall–Kier alpha value is -2.45. The van der Waals surface area contributed by atoms with E-state index < -0.39 is 0 Å². The zero-order valence-electron chi connectivity index (χ0n) is 17.0. The molecule has 4 rings (SSSR count). The van der Waals surface area contributed by atoms with Gasteiger partial charge in [-0.15, -0.1) is 0 Å². The maximum Gasteiger partial charge on any atom is 2.00 e. The van der Waals surface area contributed by atoms with Crippen molar-refractivity contribution in [2.45, 2.75) is 6.42 Å². The molecule has 0 aliphatic heterocycles. The molecule has 0 fully saturated rings. The van der Waals surface area contributed by atoms with E-state index in [4.69, 9.17) is 0 Å². The second kappa shape index (κ2) is 13.7. The zero-order valence-corrected chi connectivity index (χ0v) is 19.5. The molecule has 0 unspecified atom stereocenters. The van der Waals surface area contributed by atoms with Crippen LogP contribution in [0, 0.1) is 5.92 Å². The van der Waals surface area contributed by atoms with Crippen molar-refractivity contribution in [3.63, 3.8) is 0 Å². The molecule has 30 heavy (non-hydrogen) atoms. The third-order valence-corrected chi connectivity index (χ3v) is 4.82. The average molecular weight is 437 g/mol. The van der Waals surface area contributed by atoms with Gasteiger partial charge in [0.1, 0.15) is 0 Å². The average Bonchev–Trinajstić information content (AvgIpc) is 3.26. The van der Waals surface area contributed by atoms with Crippen LogP contribution in [0.15, 0.2) is 121 Å².